The second-order valence-corrected chi connectivity index (χ2v) is 17.7. The predicted molar refractivity (Wildman–Crippen MR) is 196 cm³/mol. The lowest BCUT2D eigenvalue weighted by molar-refractivity contribution is -0.220. The molecule has 57 heavy (non-hydrogen) atoms. The maximum atomic E-state index is 14.2. The molecule has 6 rings (SSSR count). The van der Waals surface area contributed by atoms with Crippen LogP contribution in [-0.2, 0) is 60.6 Å². The van der Waals surface area contributed by atoms with E-state index in [-0.39, 0.29) is 30.6 Å². The molecular weight excluding hydrogens is 744 g/mol. The molecule has 16 heteroatoms. The molecule has 4 fully saturated rings. The van der Waals surface area contributed by atoms with Crippen molar-refractivity contribution in [3.8, 4) is 0 Å². The van der Waals surface area contributed by atoms with Gasteiger partial charge in [0.25, 0.3) is 6.29 Å². The van der Waals surface area contributed by atoms with Crippen LogP contribution in [0.3, 0.4) is 0 Å². The molecule has 3 saturated heterocycles. The summed E-state index contributed by atoms with van der Waals surface area (Å²) in [7, 11) is 0. The largest absolute Gasteiger partial charge is 0.461 e. The summed E-state index contributed by atoms with van der Waals surface area (Å²) in [5, 5.41) is 5.27. The zero-order valence-corrected chi connectivity index (χ0v) is 33.4. The molecule has 3 heterocycles. The Hall–Kier alpha value is -5.67. The van der Waals surface area contributed by atoms with Crippen molar-refractivity contribution < 1.29 is 66.7 Å². The molecule has 6 atom stereocenters. The summed E-state index contributed by atoms with van der Waals surface area (Å²) in [5.41, 5.74) is -6.86. The van der Waals surface area contributed by atoms with Crippen LogP contribution in [0.25, 0.3) is 0 Å². The summed E-state index contributed by atoms with van der Waals surface area (Å²) in [5.74, 6) is -4.67. The van der Waals surface area contributed by atoms with Gasteiger partial charge in [-0.3, -0.25) is 9.59 Å². The molecule has 16 nitrogen and oxygen atoms in total. The van der Waals surface area contributed by atoms with E-state index < -0.39 is 100.0 Å². The lowest BCUT2D eigenvalue weighted by atomic mass is 9.53. The Morgan fingerprint density at radius 3 is 1.63 bits per heavy atom. The van der Waals surface area contributed by atoms with Crippen LogP contribution in [0.15, 0.2) is 48.5 Å². The number of hydrogen-bond acceptors (Lipinski definition) is 14. The Morgan fingerprint density at radius 2 is 1.18 bits per heavy atom. The molecular formula is C41H48N2O14. The number of alkyl carbamates (subject to hydrolysis) is 2. The predicted octanol–water partition coefficient (Wildman–Crippen LogP) is 5.04. The van der Waals surface area contributed by atoms with E-state index in [4.69, 9.17) is 33.2 Å². The number of carbonyl (C=O) groups is 7. The van der Waals surface area contributed by atoms with Crippen LogP contribution in [0.2, 0.25) is 0 Å². The maximum Gasteiger partial charge on any atom is 0.407 e. The highest BCUT2D eigenvalue weighted by molar-refractivity contribution is 5.98. The third-order valence-corrected chi connectivity index (χ3v) is 10.7. The number of cyclic esters (lactones) is 1. The van der Waals surface area contributed by atoms with E-state index >= 15 is 0 Å². The number of carbonyl (C=O) groups excluding carboxylic acids is 7. The molecule has 2 spiro atoms. The van der Waals surface area contributed by atoms with Crippen LogP contribution < -0.4 is 10.6 Å². The molecule has 0 radical (unpaired) electrons. The third-order valence-electron chi connectivity index (χ3n) is 10.7. The van der Waals surface area contributed by atoms with E-state index in [2.05, 4.69) is 10.6 Å². The minimum atomic E-state index is -2.08. The molecule has 0 aromatic heterocycles. The van der Waals surface area contributed by atoms with Gasteiger partial charge >= 0.3 is 42.0 Å². The lowest BCUT2D eigenvalue weighted by Crippen LogP contribution is -2.64. The molecule has 2 amide bonds. The second-order valence-electron chi connectivity index (χ2n) is 17.7. The number of nitrogens with one attached hydrogen (secondary N) is 2. The Kier molecular flexibility index (Phi) is 10.1. The van der Waals surface area contributed by atoms with Crippen molar-refractivity contribution in [1.29, 1.82) is 0 Å². The summed E-state index contributed by atoms with van der Waals surface area (Å²) in [6.45, 7) is 15.8. The van der Waals surface area contributed by atoms with E-state index in [1.807, 2.05) is 0 Å². The Balaban J connectivity index is 1.30. The minimum absolute atomic E-state index is 0.0101. The SMILES string of the molecule is CC(C)(C)OC(=O)NCc1ccc(C(=O)O[C@@H]2OC(=O)[C@H](OC(=O)c3ccc(CNC(=O)OC(C)(C)C)cc3)C23C2(C(C)(C)C)C[C@@H]4OC(=O)C[C@@]43C(=O)O2)cc1. The number of amides is 2. The topological polar surface area (TPSA) is 208 Å². The fourth-order valence-corrected chi connectivity index (χ4v) is 8.40. The Bertz CT molecular complexity index is 1990. The summed E-state index contributed by atoms with van der Waals surface area (Å²) in [4.78, 5) is 93.3. The van der Waals surface area contributed by atoms with Crippen LogP contribution in [-0.4, -0.2) is 77.3 Å². The van der Waals surface area contributed by atoms with E-state index in [1.54, 1.807) is 86.6 Å². The monoisotopic (exact) mass is 792 g/mol. The summed E-state index contributed by atoms with van der Waals surface area (Å²) >= 11 is 0. The fraction of sp³-hybridized carbons (Fsp3) is 0.537. The molecule has 2 aromatic rings. The van der Waals surface area contributed by atoms with E-state index in [0.717, 1.165) is 0 Å². The number of ether oxygens (including phenoxy) is 7. The molecule has 1 aliphatic carbocycles. The number of esters is 5. The molecule has 1 saturated carbocycles. The summed E-state index contributed by atoms with van der Waals surface area (Å²) in [6, 6.07) is 12.0. The highest BCUT2D eigenvalue weighted by Gasteiger charge is 2.96. The molecule has 2 aromatic carbocycles. The van der Waals surface area contributed by atoms with Crippen molar-refractivity contribution in [3.05, 3.63) is 70.8 Å². The average molecular weight is 793 g/mol. The van der Waals surface area contributed by atoms with Crippen molar-refractivity contribution in [2.45, 2.75) is 124 Å². The van der Waals surface area contributed by atoms with Crippen LogP contribution in [0.5, 0.6) is 0 Å². The summed E-state index contributed by atoms with van der Waals surface area (Å²) in [6.07, 6.45) is -6.79. The third kappa shape index (κ3) is 7.14. The van der Waals surface area contributed by atoms with Crippen molar-refractivity contribution in [3.63, 3.8) is 0 Å². The van der Waals surface area contributed by atoms with Gasteiger partial charge in [-0.2, -0.15) is 0 Å². The number of rotatable bonds is 8. The van der Waals surface area contributed by atoms with Crippen LogP contribution in [0.1, 0.15) is 107 Å². The first-order valence-electron chi connectivity index (χ1n) is 18.6. The van der Waals surface area contributed by atoms with Gasteiger partial charge in [0, 0.05) is 24.9 Å². The first-order chi connectivity index (χ1) is 26.4. The Labute approximate surface area is 329 Å². The van der Waals surface area contributed by atoms with Gasteiger partial charge in [-0.25, -0.2) is 24.0 Å². The van der Waals surface area contributed by atoms with Crippen molar-refractivity contribution in [1.82, 2.24) is 10.6 Å². The van der Waals surface area contributed by atoms with Crippen molar-refractivity contribution >= 4 is 42.0 Å². The van der Waals surface area contributed by atoms with Gasteiger partial charge in [-0.05, 0) is 76.9 Å². The van der Waals surface area contributed by atoms with Gasteiger partial charge in [0.15, 0.2) is 5.41 Å². The van der Waals surface area contributed by atoms with Crippen molar-refractivity contribution in [2.75, 3.05) is 0 Å². The van der Waals surface area contributed by atoms with Gasteiger partial charge in [0.05, 0.1) is 17.5 Å². The van der Waals surface area contributed by atoms with Crippen LogP contribution >= 0.6 is 0 Å². The molecule has 2 unspecified atom stereocenters. The van der Waals surface area contributed by atoms with Crippen LogP contribution in [0, 0.1) is 16.2 Å². The van der Waals surface area contributed by atoms with Gasteiger partial charge < -0.3 is 43.8 Å². The maximum absolute atomic E-state index is 14.2. The van der Waals surface area contributed by atoms with Gasteiger partial charge in [0.1, 0.15) is 28.3 Å². The summed E-state index contributed by atoms with van der Waals surface area (Å²) < 4.78 is 40.2. The minimum Gasteiger partial charge on any atom is -0.461 e. The first kappa shape index (κ1) is 41.0. The fourth-order valence-electron chi connectivity index (χ4n) is 8.40. The van der Waals surface area contributed by atoms with E-state index in [0.29, 0.717) is 11.1 Å². The van der Waals surface area contributed by atoms with Gasteiger partial charge in [-0.15, -0.1) is 0 Å². The van der Waals surface area contributed by atoms with Crippen molar-refractivity contribution in [2.24, 2.45) is 16.2 Å². The highest BCUT2D eigenvalue weighted by Crippen LogP contribution is 2.78. The highest BCUT2D eigenvalue weighted by atomic mass is 16.7. The van der Waals surface area contributed by atoms with E-state index in [9.17, 15) is 33.6 Å². The lowest BCUT2D eigenvalue weighted by Gasteiger charge is -2.49. The smallest absolute Gasteiger partial charge is 0.407 e. The van der Waals surface area contributed by atoms with Gasteiger partial charge in [-0.1, -0.05) is 45.0 Å². The number of hydrogen-bond donors (Lipinski definition) is 2. The zero-order valence-electron chi connectivity index (χ0n) is 33.4. The van der Waals surface area contributed by atoms with Gasteiger partial charge in [0.2, 0.25) is 6.10 Å². The van der Waals surface area contributed by atoms with Crippen LogP contribution in [0.4, 0.5) is 9.59 Å². The van der Waals surface area contributed by atoms with E-state index in [1.165, 1.54) is 24.3 Å². The normalized spacial score (nSPS) is 27.5. The number of benzene rings is 2. The Morgan fingerprint density at radius 1 is 0.702 bits per heavy atom. The standard InChI is InChI=1S/C41H48N2O14/c1-36(2,3)40-18-26-39(32(48)55-40,19-27(44)51-26)41(40)28(52-29(45)24-14-10-22(11-15-24)20-42-34(49)56-37(4,5)6)31(47)54-33(41)53-30(46)25-16-12-23(13-17-25)21-43-35(50)57-38(7,8)9/h10-17,26,28,33H,18-21H2,1-9H3,(H,42,49)(H,43,50)/t26-,28-,33+,39-,40?,41?/m0/s1. The molecule has 4 aliphatic rings. The average Bonchev–Trinajstić information content (AvgIpc) is 3.73. The molecule has 306 valence electrons. The first-order valence-corrected chi connectivity index (χ1v) is 18.6. The molecule has 2 N–H and O–H groups in total. The zero-order chi connectivity index (χ0) is 41.9. The molecule has 2 bridgehead atoms. The second kappa shape index (κ2) is 14.1. The quantitative estimate of drug-likeness (QED) is 0.266. The molecule has 3 aliphatic heterocycles.